The largest absolute Gasteiger partial charge is 0.206 e. The van der Waals surface area contributed by atoms with E-state index in [0.29, 0.717) is 6.61 Å². The van der Waals surface area contributed by atoms with Gasteiger partial charge < -0.3 is 0 Å². The van der Waals surface area contributed by atoms with Crippen LogP contribution in [-0.4, -0.2) is 12.2 Å². The second-order valence-electron chi connectivity index (χ2n) is 5.47. The van der Waals surface area contributed by atoms with Gasteiger partial charge in [-0.05, 0) is 25.7 Å². The molecule has 0 bridgehead atoms. The van der Waals surface area contributed by atoms with Crippen LogP contribution in [-0.2, 0) is 14.8 Å². The number of hydrogen-bond acceptors (Lipinski definition) is 3. The Bertz CT molecular complexity index is 163. The molecule has 0 atom stereocenters. The topological polar surface area (TPSA) is 27.7 Å². The molecule has 116 valence electrons. The maximum Gasteiger partial charge on any atom is 0.107 e. The second-order valence-corrected chi connectivity index (χ2v) is 5.47. The Morgan fingerprint density at radius 2 is 1.37 bits per heavy atom. The zero-order valence-corrected chi connectivity index (χ0v) is 13.5. The molecule has 0 unspecified atom stereocenters. The molecule has 19 heavy (non-hydrogen) atoms. The number of hydrogen-bond donors (Lipinski definition) is 0. The Balaban J connectivity index is 4.22. The summed E-state index contributed by atoms with van der Waals surface area (Å²) in [5, 5.41) is 5.00. The highest BCUT2D eigenvalue weighted by molar-refractivity contribution is 4.78. The summed E-state index contributed by atoms with van der Waals surface area (Å²) in [6.45, 7) is 9.28. The van der Waals surface area contributed by atoms with Crippen LogP contribution in [0.25, 0.3) is 0 Å². The van der Waals surface area contributed by atoms with Crippen molar-refractivity contribution in [2.45, 2.75) is 97.5 Å². The fraction of sp³-hybridized carbons (Fsp3) is 1.00. The molecule has 0 rings (SSSR count). The lowest BCUT2D eigenvalue weighted by molar-refractivity contribution is -0.545. The first-order valence-corrected chi connectivity index (χ1v) is 8.22. The van der Waals surface area contributed by atoms with Crippen LogP contribution < -0.4 is 0 Å². The fourth-order valence-electron chi connectivity index (χ4n) is 2.50. The van der Waals surface area contributed by atoms with Gasteiger partial charge in [0, 0.05) is 0 Å². The van der Waals surface area contributed by atoms with Crippen molar-refractivity contribution in [2.75, 3.05) is 6.61 Å². The maximum absolute atomic E-state index is 5.67. The first-order valence-electron chi connectivity index (χ1n) is 8.22. The molecule has 0 saturated carbocycles. The van der Waals surface area contributed by atoms with Gasteiger partial charge in [-0.25, -0.2) is 4.89 Å². The van der Waals surface area contributed by atoms with E-state index in [2.05, 4.69) is 27.7 Å². The van der Waals surface area contributed by atoms with E-state index >= 15 is 0 Å². The van der Waals surface area contributed by atoms with Crippen LogP contribution in [0.4, 0.5) is 0 Å². The lowest BCUT2D eigenvalue weighted by Crippen LogP contribution is -2.33. The van der Waals surface area contributed by atoms with E-state index in [1.807, 2.05) is 0 Å². The third-order valence-corrected chi connectivity index (χ3v) is 3.44. The van der Waals surface area contributed by atoms with Crippen molar-refractivity contribution in [1.82, 2.24) is 0 Å². The fourth-order valence-corrected chi connectivity index (χ4v) is 2.50. The number of rotatable bonds is 14. The maximum atomic E-state index is 5.67. The molecule has 0 spiro atoms. The molecule has 0 aliphatic rings. The van der Waals surface area contributed by atoms with E-state index in [0.717, 1.165) is 38.5 Å². The minimum atomic E-state index is -0.148. The standard InChI is InChI=1S/C16H34O3/c1-5-9-10-11-14-16(12-6-2,13-7-3)18-19-17-15-8-4/h5-15H2,1-4H3. The van der Waals surface area contributed by atoms with Crippen LogP contribution in [0.5, 0.6) is 0 Å². The van der Waals surface area contributed by atoms with Gasteiger partial charge in [0.2, 0.25) is 0 Å². The van der Waals surface area contributed by atoms with E-state index in [1.165, 1.54) is 25.7 Å². The van der Waals surface area contributed by atoms with Gasteiger partial charge in [0.05, 0.1) is 6.61 Å². The Hall–Kier alpha value is -0.120. The first-order chi connectivity index (χ1) is 9.24. The zero-order chi connectivity index (χ0) is 14.4. The average Bonchev–Trinajstić information content (AvgIpc) is 2.41. The predicted octanol–water partition coefficient (Wildman–Crippen LogP) is 5.59. The Morgan fingerprint density at radius 1 is 0.684 bits per heavy atom. The van der Waals surface area contributed by atoms with E-state index in [-0.39, 0.29) is 5.60 Å². The highest BCUT2D eigenvalue weighted by Gasteiger charge is 2.30. The van der Waals surface area contributed by atoms with Crippen LogP contribution in [0.2, 0.25) is 0 Å². The molecular formula is C16H34O3. The molecule has 0 amide bonds. The Morgan fingerprint density at radius 3 is 1.89 bits per heavy atom. The van der Waals surface area contributed by atoms with Crippen LogP contribution >= 0.6 is 0 Å². The smallest absolute Gasteiger partial charge is 0.107 e. The zero-order valence-electron chi connectivity index (χ0n) is 13.5. The van der Waals surface area contributed by atoms with Gasteiger partial charge in [-0.1, -0.05) is 71.3 Å². The summed E-state index contributed by atoms with van der Waals surface area (Å²) in [6.07, 6.45) is 11.4. The summed E-state index contributed by atoms with van der Waals surface area (Å²) in [5.41, 5.74) is -0.148. The Kier molecular flexibility index (Phi) is 12.8. The number of unbranched alkanes of at least 4 members (excludes halogenated alkanes) is 3. The molecular weight excluding hydrogens is 240 g/mol. The van der Waals surface area contributed by atoms with E-state index in [1.54, 1.807) is 0 Å². The molecule has 3 nitrogen and oxygen atoms in total. The summed E-state index contributed by atoms with van der Waals surface area (Å²) in [5.74, 6) is 0. The Labute approximate surface area is 119 Å². The summed E-state index contributed by atoms with van der Waals surface area (Å²) < 4.78 is 0. The highest BCUT2D eigenvalue weighted by atomic mass is 17.5. The third kappa shape index (κ3) is 9.42. The molecule has 0 aromatic rings. The molecule has 0 fully saturated rings. The van der Waals surface area contributed by atoms with Crippen molar-refractivity contribution in [3.63, 3.8) is 0 Å². The van der Waals surface area contributed by atoms with E-state index < -0.39 is 0 Å². The van der Waals surface area contributed by atoms with Gasteiger partial charge in [0.15, 0.2) is 0 Å². The monoisotopic (exact) mass is 274 g/mol. The van der Waals surface area contributed by atoms with Crippen molar-refractivity contribution < 1.29 is 14.8 Å². The molecule has 0 saturated heterocycles. The molecule has 0 heterocycles. The molecule has 0 aromatic carbocycles. The summed E-state index contributed by atoms with van der Waals surface area (Å²) in [7, 11) is 0. The van der Waals surface area contributed by atoms with Gasteiger partial charge >= 0.3 is 0 Å². The van der Waals surface area contributed by atoms with Crippen LogP contribution in [0.3, 0.4) is 0 Å². The first kappa shape index (κ1) is 18.9. The SMILES string of the molecule is CCCCCCC(CCC)(CCC)OOOCCC. The van der Waals surface area contributed by atoms with Crippen LogP contribution in [0, 0.1) is 0 Å². The van der Waals surface area contributed by atoms with Crippen molar-refractivity contribution in [2.24, 2.45) is 0 Å². The lowest BCUT2D eigenvalue weighted by atomic mass is 9.87. The summed E-state index contributed by atoms with van der Waals surface area (Å²) >= 11 is 0. The third-order valence-electron chi connectivity index (χ3n) is 3.44. The van der Waals surface area contributed by atoms with Crippen molar-refractivity contribution in [3.05, 3.63) is 0 Å². The van der Waals surface area contributed by atoms with Gasteiger partial charge in [0.25, 0.3) is 0 Å². The molecule has 0 aromatic heterocycles. The highest BCUT2D eigenvalue weighted by Crippen LogP contribution is 2.31. The average molecular weight is 274 g/mol. The molecule has 0 aliphatic heterocycles. The van der Waals surface area contributed by atoms with Crippen LogP contribution in [0.15, 0.2) is 0 Å². The summed E-state index contributed by atoms with van der Waals surface area (Å²) in [6, 6.07) is 0. The van der Waals surface area contributed by atoms with Gasteiger partial charge in [-0.15, -0.1) is 0 Å². The van der Waals surface area contributed by atoms with Crippen molar-refractivity contribution >= 4 is 0 Å². The quantitative estimate of drug-likeness (QED) is 0.235. The van der Waals surface area contributed by atoms with E-state index in [4.69, 9.17) is 14.8 Å². The minimum Gasteiger partial charge on any atom is -0.206 e. The lowest BCUT2D eigenvalue weighted by Gasteiger charge is -2.31. The van der Waals surface area contributed by atoms with Gasteiger partial charge in [-0.2, -0.15) is 4.89 Å². The van der Waals surface area contributed by atoms with Gasteiger partial charge in [0.1, 0.15) is 5.60 Å². The van der Waals surface area contributed by atoms with Crippen molar-refractivity contribution in [1.29, 1.82) is 0 Å². The molecule has 0 radical (unpaired) electrons. The normalized spacial score (nSPS) is 12.0. The predicted molar refractivity (Wildman–Crippen MR) is 79.7 cm³/mol. The van der Waals surface area contributed by atoms with Gasteiger partial charge in [-0.3, -0.25) is 0 Å². The molecule has 0 aliphatic carbocycles. The minimum absolute atomic E-state index is 0.148. The van der Waals surface area contributed by atoms with Crippen molar-refractivity contribution in [3.8, 4) is 0 Å². The van der Waals surface area contributed by atoms with Crippen LogP contribution in [0.1, 0.15) is 91.9 Å². The molecule has 0 N–H and O–H groups in total. The second kappa shape index (κ2) is 12.9. The summed E-state index contributed by atoms with van der Waals surface area (Å²) in [4.78, 5) is 10.7. The molecule has 3 heteroatoms. The van der Waals surface area contributed by atoms with E-state index in [9.17, 15) is 0 Å².